The van der Waals surface area contributed by atoms with Crippen LogP contribution in [0.3, 0.4) is 0 Å². The number of aliphatic carboxylic acids is 1. The Morgan fingerprint density at radius 2 is 1.75 bits per heavy atom. The Morgan fingerprint density at radius 3 is 2.44 bits per heavy atom. The molecule has 1 atom stereocenters. The number of carboxylic acids is 1. The molecule has 3 aromatic rings. The molecule has 1 heterocycles. The number of ether oxygens (including phenoxy) is 2. The smallest absolute Gasteiger partial charge is 0.408 e. The molecule has 7 heteroatoms. The van der Waals surface area contributed by atoms with Crippen molar-refractivity contribution < 1.29 is 24.2 Å². The van der Waals surface area contributed by atoms with Gasteiger partial charge in [0.25, 0.3) is 0 Å². The van der Waals surface area contributed by atoms with E-state index < -0.39 is 23.7 Å². The number of alkyl carbamates (subject to hydrolysis) is 1. The number of hydrogen-bond donors (Lipinski definition) is 2. The van der Waals surface area contributed by atoms with Crippen LogP contribution in [0.2, 0.25) is 0 Å². The van der Waals surface area contributed by atoms with Gasteiger partial charge in [-0.1, -0.05) is 48.5 Å². The van der Waals surface area contributed by atoms with Gasteiger partial charge < -0.3 is 24.5 Å². The average Bonchev–Trinajstić information content (AvgIpc) is 3.08. The molecule has 7 nitrogen and oxygen atoms in total. The molecule has 1 amide bonds. The first-order chi connectivity index (χ1) is 15.2. The zero-order chi connectivity index (χ0) is 23.1. The fraction of sp³-hybridized carbons (Fsp3) is 0.360. The topological polar surface area (TPSA) is 89.8 Å². The quantitative estimate of drug-likeness (QED) is 0.484. The molecule has 170 valence electrons. The molecule has 0 fully saturated rings. The van der Waals surface area contributed by atoms with Crippen molar-refractivity contribution >= 4 is 23.0 Å². The van der Waals surface area contributed by atoms with E-state index in [1.54, 1.807) is 20.8 Å². The van der Waals surface area contributed by atoms with Crippen LogP contribution in [-0.2, 0) is 33.8 Å². The van der Waals surface area contributed by atoms with Crippen LogP contribution in [0.4, 0.5) is 4.79 Å². The van der Waals surface area contributed by atoms with E-state index >= 15 is 0 Å². The van der Waals surface area contributed by atoms with E-state index in [0.29, 0.717) is 19.8 Å². The Bertz CT molecular complexity index is 1050. The summed E-state index contributed by atoms with van der Waals surface area (Å²) in [5, 5.41) is 13.1. The lowest BCUT2D eigenvalue weighted by Gasteiger charge is -2.22. The number of para-hydroxylation sites is 1. The second-order valence-corrected chi connectivity index (χ2v) is 8.64. The van der Waals surface area contributed by atoms with Crippen molar-refractivity contribution in [1.29, 1.82) is 0 Å². The molecule has 0 radical (unpaired) electrons. The molecule has 0 saturated heterocycles. The van der Waals surface area contributed by atoms with Crippen LogP contribution in [-0.4, -0.2) is 40.0 Å². The summed E-state index contributed by atoms with van der Waals surface area (Å²) in [7, 11) is 0. The van der Waals surface area contributed by atoms with E-state index in [0.717, 1.165) is 22.0 Å². The van der Waals surface area contributed by atoms with Crippen molar-refractivity contribution in [2.45, 2.75) is 52.0 Å². The van der Waals surface area contributed by atoms with E-state index in [1.165, 1.54) is 0 Å². The molecule has 0 aliphatic carbocycles. The number of fused-ring (bicyclic) bond motifs is 1. The van der Waals surface area contributed by atoms with Gasteiger partial charge in [0.1, 0.15) is 11.6 Å². The number of aromatic nitrogens is 1. The molecule has 2 N–H and O–H groups in total. The molecule has 0 bridgehead atoms. The van der Waals surface area contributed by atoms with Gasteiger partial charge in [-0.2, -0.15) is 0 Å². The second kappa shape index (κ2) is 10.3. The monoisotopic (exact) mass is 438 g/mol. The predicted octanol–water partition coefficient (Wildman–Crippen LogP) is 4.38. The third kappa shape index (κ3) is 6.59. The minimum absolute atomic E-state index is 0.146. The summed E-state index contributed by atoms with van der Waals surface area (Å²) in [6, 6.07) is 16.7. The molecule has 0 aliphatic rings. The molecule has 2 aromatic carbocycles. The molecule has 0 unspecified atom stereocenters. The lowest BCUT2D eigenvalue weighted by molar-refractivity contribution is -0.139. The molecule has 3 rings (SSSR count). The van der Waals surface area contributed by atoms with E-state index in [9.17, 15) is 14.7 Å². The number of carbonyl (C=O) groups is 2. The Kier molecular flexibility index (Phi) is 7.53. The zero-order valence-electron chi connectivity index (χ0n) is 18.7. The minimum Gasteiger partial charge on any atom is -0.480 e. The Balaban J connectivity index is 1.69. The van der Waals surface area contributed by atoms with Gasteiger partial charge in [-0.3, -0.25) is 0 Å². The molecular formula is C25H30N2O5. The number of benzene rings is 2. The highest BCUT2D eigenvalue weighted by atomic mass is 16.6. The van der Waals surface area contributed by atoms with Crippen LogP contribution in [0.5, 0.6) is 0 Å². The van der Waals surface area contributed by atoms with Crippen LogP contribution in [0.15, 0.2) is 60.8 Å². The van der Waals surface area contributed by atoms with Gasteiger partial charge in [0.15, 0.2) is 0 Å². The molecule has 0 spiro atoms. The highest BCUT2D eigenvalue weighted by Gasteiger charge is 2.25. The summed E-state index contributed by atoms with van der Waals surface area (Å²) in [5.41, 5.74) is 2.24. The Labute approximate surface area is 187 Å². The van der Waals surface area contributed by atoms with E-state index in [-0.39, 0.29) is 6.42 Å². The van der Waals surface area contributed by atoms with Gasteiger partial charge in [0.2, 0.25) is 0 Å². The summed E-state index contributed by atoms with van der Waals surface area (Å²) >= 11 is 0. The first-order valence-electron chi connectivity index (χ1n) is 10.6. The fourth-order valence-electron chi connectivity index (χ4n) is 3.47. The third-order valence-corrected chi connectivity index (χ3v) is 4.87. The van der Waals surface area contributed by atoms with Gasteiger partial charge in [0.05, 0.1) is 13.2 Å². The van der Waals surface area contributed by atoms with Crippen LogP contribution in [0.1, 0.15) is 31.9 Å². The molecule has 0 saturated carbocycles. The second-order valence-electron chi connectivity index (χ2n) is 8.64. The van der Waals surface area contributed by atoms with Gasteiger partial charge >= 0.3 is 12.1 Å². The number of amides is 1. The highest BCUT2D eigenvalue weighted by Crippen LogP contribution is 2.23. The first-order valence-corrected chi connectivity index (χ1v) is 10.6. The van der Waals surface area contributed by atoms with Crippen molar-refractivity contribution in [2.24, 2.45) is 0 Å². The number of carboxylic acid groups (broad SMARTS) is 1. The normalized spacial score (nSPS) is 12.5. The number of nitrogens with zero attached hydrogens (tertiary/aromatic N) is 1. The van der Waals surface area contributed by atoms with Gasteiger partial charge in [-0.25, -0.2) is 9.59 Å². The summed E-state index contributed by atoms with van der Waals surface area (Å²) in [4.78, 5) is 23.9. The van der Waals surface area contributed by atoms with Gasteiger partial charge in [-0.05, 0) is 38.0 Å². The summed E-state index contributed by atoms with van der Waals surface area (Å²) in [6.07, 6.45) is 1.33. The van der Waals surface area contributed by atoms with Crippen LogP contribution in [0, 0.1) is 0 Å². The third-order valence-electron chi connectivity index (χ3n) is 4.87. The molecule has 1 aromatic heterocycles. The SMILES string of the molecule is CC(C)(C)OC(=O)N[C@H](Cc1cn(CCOCc2ccccc2)c2ccccc12)C(=O)O. The van der Waals surface area contributed by atoms with Gasteiger partial charge in [0, 0.05) is 30.1 Å². The largest absolute Gasteiger partial charge is 0.480 e. The number of nitrogens with one attached hydrogen (secondary N) is 1. The van der Waals surface area contributed by atoms with Crippen LogP contribution in [0.25, 0.3) is 10.9 Å². The van der Waals surface area contributed by atoms with E-state index in [1.807, 2.05) is 60.8 Å². The Morgan fingerprint density at radius 1 is 1.06 bits per heavy atom. The summed E-state index contributed by atoms with van der Waals surface area (Å²) in [6.45, 7) is 6.88. The lowest BCUT2D eigenvalue weighted by atomic mass is 10.1. The maximum Gasteiger partial charge on any atom is 0.408 e. The highest BCUT2D eigenvalue weighted by molar-refractivity contribution is 5.86. The van der Waals surface area contributed by atoms with E-state index in [4.69, 9.17) is 9.47 Å². The summed E-state index contributed by atoms with van der Waals surface area (Å²) in [5.74, 6) is -1.11. The fourth-order valence-corrected chi connectivity index (χ4v) is 3.47. The number of carbonyl (C=O) groups excluding carboxylic acids is 1. The molecular weight excluding hydrogens is 408 g/mol. The summed E-state index contributed by atoms with van der Waals surface area (Å²) < 4.78 is 13.1. The predicted molar refractivity (Wildman–Crippen MR) is 123 cm³/mol. The number of rotatable bonds is 9. The molecule has 32 heavy (non-hydrogen) atoms. The van der Waals surface area contributed by atoms with Crippen LogP contribution < -0.4 is 5.32 Å². The average molecular weight is 439 g/mol. The van der Waals surface area contributed by atoms with Crippen molar-refractivity contribution in [3.05, 3.63) is 71.9 Å². The minimum atomic E-state index is -1.11. The van der Waals surface area contributed by atoms with Crippen molar-refractivity contribution in [2.75, 3.05) is 6.61 Å². The zero-order valence-corrected chi connectivity index (χ0v) is 18.7. The van der Waals surface area contributed by atoms with Crippen LogP contribution >= 0.6 is 0 Å². The van der Waals surface area contributed by atoms with Gasteiger partial charge in [-0.15, -0.1) is 0 Å². The first kappa shape index (κ1) is 23.3. The van der Waals surface area contributed by atoms with Crippen molar-refractivity contribution in [3.63, 3.8) is 0 Å². The van der Waals surface area contributed by atoms with Crippen molar-refractivity contribution in [1.82, 2.24) is 9.88 Å². The lowest BCUT2D eigenvalue weighted by Crippen LogP contribution is -2.44. The standard InChI is InChI=1S/C25H30N2O5/c1-25(2,3)32-24(30)26-21(23(28)29)15-19-16-27(22-12-8-7-11-20(19)22)13-14-31-17-18-9-5-4-6-10-18/h4-12,16,21H,13-15,17H2,1-3H3,(H,26,30)(H,28,29)/t21-/m1/s1. The number of hydrogen-bond acceptors (Lipinski definition) is 4. The Hall–Kier alpha value is -3.32. The van der Waals surface area contributed by atoms with Crippen molar-refractivity contribution in [3.8, 4) is 0 Å². The maximum absolute atomic E-state index is 12.1. The molecule has 0 aliphatic heterocycles. The maximum atomic E-state index is 12.1. The van der Waals surface area contributed by atoms with E-state index in [2.05, 4.69) is 9.88 Å².